The molecule has 1 fully saturated rings. The molecule has 0 saturated carbocycles. The van der Waals surface area contributed by atoms with Crippen LogP contribution in [0, 0.1) is 0 Å². The van der Waals surface area contributed by atoms with Crippen LogP contribution in [0.5, 0.6) is 5.88 Å². The molecule has 0 spiro atoms. The molecule has 3 rings (SSSR count). The molecule has 0 N–H and O–H groups in total. The summed E-state index contributed by atoms with van der Waals surface area (Å²) in [6, 6.07) is 12.9. The van der Waals surface area contributed by atoms with Gasteiger partial charge in [0.15, 0.2) is 0 Å². The lowest BCUT2D eigenvalue weighted by atomic mass is 10.2. The van der Waals surface area contributed by atoms with Gasteiger partial charge in [0.2, 0.25) is 15.9 Å². The molecule has 1 aromatic heterocycles. The van der Waals surface area contributed by atoms with Crippen molar-refractivity contribution in [3.05, 3.63) is 58.7 Å². The highest BCUT2D eigenvalue weighted by Gasteiger charge is 2.33. The Labute approximate surface area is 144 Å². The Morgan fingerprint density at radius 3 is 2.74 bits per heavy atom. The third kappa shape index (κ3) is 4.10. The van der Waals surface area contributed by atoms with Crippen molar-refractivity contribution in [1.29, 1.82) is 0 Å². The maximum atomic E-state index is 12.5. The van der Waals surface area contributed by atoms with Crippen molar-refractivity contribution >= 4 is 26.0 Å². The van der Waals surface area contributed by atoms with Gasteiger partial charge in [0.25, 0.3) is 0 Å². The van der Waals surface area contributed by atoms with Crippen molar-refractivity contribution in [2.75, 3.05) is 13.1 Å². The summed E-state index contributed by atoms with van der Waals surface area (Å²) in [6.07, 6.45) is 2.14. The maximum Gasteiger partial charge on any atom is 0.228 e. The van der Waals surface area contributed by atoms with E-state index < -0.39 is 10.0 Å². The van der Waals surface area contributed by atoms with Crippen LogP contribution in [0.1, 0.15) is 12.0 Å². The predicted molar refractivity (Wildman–Crippen MR) is 91.6 cm³/mol. The molecular weight excluding hydrogens is 380 g/mol. The number of aromatic nitrogens is 1. The number of hydrogen-bond acceptors (Lipinski definition) is 4. The van der Waals surface area contributed by atoms with Gasteiger partial charge in [0, 0.05) is 12.7 Å². The average Bonchev–Trinajstić information content (AvgIpc) is 3.00. The van der Waals surface area contributed by atoms with E-state index in [2.05, 4.69) is 20.9 Å². The Morgan fingerprint density at radius 2 is 2.00 bits per heavy atom. The quantitative estimate of drug-likeness (QED) is 0.779. The van der Waals surface area contributed by atoms with E-state index in [0.717, 1.165) is 10.0 Å². The summed E-state index contributed by atoms with van der Waals surface area (Å²) < 4.78 is 33.1. The van der Waals surface area contributed by atoms with Gasteiger partial charge >= 0.3 is 0 Å². The molecule has 1 aliphatic rings. The molecule has 0 radical (unpaired) electrons. The molecule has 5 nitrogen and oxygen atoms in total. The minimum Gasteiger partial charge on any atom is -0.472 e. The lowest BCUT2D eigenvalue weighted by molar-refractivity contribution is 0.205. The molecule has 23 heavy (non-hydrogen) atoms. The molecular formula is C16H17BrN2O3S. The number of rotatable bonds is 5. The number of halogens is 1. The standard InChI is InChI=1S/C16H17BrN2O3S/c17-15-7-4-9-18-16(15)22-14-8-10-19(11-14)23(20,21)12-13-5-2-1-3-6-13/h1-7,9,14H,8,10-12H2/t14-/m0/s1. The van der Waals surface area contributed by atoms with Crippen LogP contribution in [0.15, 0.2) is 53.1 Å². The van der Waals surface area contributed by atoms with E-state index in [-0.39, 0.29) is 11.9 Å². The molecule has 0 aliphatic carbocycles. The van der Waals surface area contributed by atoms with Crippen molar-refractivity contribution in [1.82, 2.24) is 9.29 Å². The van der Waals surface area contributed by atoms with Gasteiger partial charge in [-0.3, -0.25) is 0 Å². The SMILES string of the molecule is O=S(=O)(Cc1ccccc1)N1CC[C@H](Oc2ncccc2Br)C1. The molecule has 2 heterocycles. The fraction of sp³-hybridized carbons (Fsp3) is 0.312. The van der Waals surface area contributed by atoms with Gasteiger partial charge in [-0.15, -0.1) is 0 Å². The first-order chi connectivity index (χ1) is 11.0. The molecule has 0 amide bonds. The highest BCUT2D eigenvalue weighted by molar-refractivity contribution is 9.10. The van der Waals surface area contributed by atoms with Crippen LogP contribution < -0.4 is 4.74 Å². The summed E-state index contributed by atoms with van der Waals surface area (Å²) in [7, 11) is -3.33. The van der Waals surface area contributed by atoms with Crippen molar-refractivity contribution in [3.63, 3.8) is 0 Å². The second-order valence-corrected chi connectivity index (χ2v) is 8.24. The smallest absolute Gasteiger partial charge is 0.228 e. The fourth-order valence-corrected chi connectivity index (χ4v) is 4.46. The third-order valence-corrected chi connectivity index (χ3v) is 6.12. The van der Waals surface area contributed by atoms with E-state index in [1.807, 2.05) is 42.5 Å². The number of ether oxygens (including phenoxy) is 1. The van der Waals surface area contributed by atoms with E-state index >= 15 is 0 Å². The Bertz CT molecular complexity index is 768. The van der Waals surface area contributed by atoms with Crippen molar-refractivity contribution in [2.24, 2.45) is 0 Å². The van der Waals surface area contributed by atoms with Crippen LogP contribution in [-0.4, -0.2) is 36.9 Å². The molecule has 1 saturated heterocycles. The first kappa shape index (κ1) is 16.4. The molecule has 122 valence electrons. The van der Waals surface area contributed by atoms with E-state index in [9.17, 15) is 8.42 Å². The van der Waals surface area contributed by atoms with Crippen LogP contribution in [0.25, 0.3) is 0 Å². The van der Waals surface area contributed by atoms with Gasteiger partial charge in [-0.1, -0.05) is 30.3 Å². The normalized spacial score (nSPS) is 18.9. The van der Waals surface area contributed by atoms with Crippen molar-refractivity contribution in [2.45, 2.75) is 18.3 Å². The topological polar surface area (TPSA) is 59.5 Å². The number of hydrogen-bond donors (Lipinski definition) is 0. The Balaban J connectivity index is 1.64. The maximum absolute atomic E-state index is 12.5. The average molecular weight is 397 g/mol. The Kier molecular flexibility index (Phi) is 4.99. The zero-order valence-electron chi connectivity index (χ0n) is 12.4. The molecule has 2 aromatic rings. The first-order valence-corrected chi connectivity index (χ1v) is 9.74. The zero-order valence-corrected chi connectivity index (χ0v) is 14.8. The van der Waals surface area contributed by atoms with Gasteiger partial charge in [-0.05, 0) is 40.0 Å². The van der Waals surface area contributed by atoms with Gasteiger partial charge < -0.3 is 4.74 Å². The van der Waals surface area contributed by atoms with Crippen LogP contribution in [0.2, 0.25) is 0 Å². The fourth-order valence-electron chi connectivity index (χ4n) is 2.54. The lowest BCUT2D eigenvalue weighted by Gasteiger charge is -2.17. The van der Waals surface area contributed by atoms with Crippen LogP contribution in [0.3, 0.4) is 0 Å². The van der Waals surface area contributed by atoms with Crippen LogP contribution in [-0.2, 0) is 15.8 Å². The highest BCUT2D eigenvalue weighted by Crippen LogP contribution is 2.26. The van der Waals surface area contributed by atoms with Crippen LogP contribution >= 0.6 is 15.9 Å². The summed E-state index contributed by atoms with van der Waals surface area (Å²) in [6.45, 7) is 0.836. The second kappa shape index (κ2) is 6.98. The van der Waals surface area contributed by atoms with Gasteiger partial charge in [-0.25, -0.2) is 13.4 Å². The molecule has 1 aliphatic heterocycles. The van der Waals surface area contributed by atoms with E-state index in [1.54, 1.807) is 6.20 Å². The molecule has 1 atom stereocenters. The Hall–Kier alpha value is -1.44. The van der Waals surface area contributed by atoms with E-state index in [4.69, 9.17) is 4.74 Å². The van der Waals surface area contributed by atoms with E-state index in [0.29, 0.717) is 25.4 Å². The van der Waals surface area contributed by atoms with Gasteiger partial charge in [0.05, 0.1) is 16.8 Å². The first-order valence-electron chi connectivity index (χ1n) is 7.33. The third-order valence-electron chi connectivity index (χ3n) is 3.70. The minimum atomic E-state index is -3.33. The molecule has 0 bridgehead atoms. The predicted octanol–water partition coefficient (Wildman–Crippen LogP) is 2.83. The highest BCUT2D eigenvalue weighted by atomic mass is 79.9. The second-order valence-electron chi connectivity index (χ2n) is 5.42. The van der Waals surface area contributed by atoms with Gasteiger partial charge in [-0.2, -0.15) is 4.31 Å². The van der Waals surface area contributed by atoms with Gasteiger partial charge in [0.1, 0.15) is 6.10 Å². The summed E-state index contributed by atoms with van der Waals surface area (Å²) in [4.78, 5) is 4.16. The molecule has 7 heteroatoms. The summed E-state index contributed by atoms with van der Waals surface area (Å²) >= 11 is 3.38. The summed E-state index contributed by atoms with van der Waals surface area (Å²) in [5, 5.41) is 0. The molecule has 0 unspecified atom stereocenters. The zero-order chi connectivity index (χ0) is 16.3. The van der Waals surface area contributed by atoms with Crippen molar-refractivity contribution < 1.29 is 13.2 Å². The number of nitrogens with zero attached hydrogens (tertiary/aromatic N) is 2. The number of pyridine rings is 1. The largest absolute Gasteiger partial charge is 0.472 e. The lowest BCUT2D eigenvalue weighted by Crippen LogP contribution is -2.32. The van der Waals surface area contributed by atoms with Crippen molar-refractivity contribution in [3.8, 4) is 5.88 Å². The minimum absolute atomic E-state index is 0.0217. The van der Waals surface area contributed by atoms with E-state index in [1.165, 1.54) is 4.31 Å². The summed E-state index contributed by atoms with van der Waals surface area (Å²) in [5.74, 6) is 0.521. The monoisotopic (exact) mass is 396 g/mol. The number of benzene rings is 1. The Morgan fingerprint density at radius 1 is 1.22 bits per heavy atom. The van der Waals surface area contributed by atoms with Crippen LogP contribution in [0.4, 0.5) is 0 Å². The summed E-state index contributed by atoms with van der Waals surface area (Å²) in [5.41, 5.74) is 0.796. The molecule has 1 aromatic carbocycles. The number of sulfonamides is 1.